The van der Waals surface area contributed by atoms with Crippen molar-refractivity contribution in [3.05, 3.63) is 60.1 Å². The lowest BCUT2D eigenvalue weighted by atomic mass is 10.1. The summed E-state index contributed by atoms with van der Waals surface area (Å²) in [7, 11) is 1.91. The van der Waals surface area contributed by atoms with Gasteiger partial charge in [-0.15, -0.1) is 0 Å². The van der Waals surface area contributed by atoms with Gasteiger partial charge in [-0.3, -0.25) is 4.68 Å². The molecule has 1 saturated heterocycles. The molecule has 1 aliphatic rings. The number of nitrogens with one attached hydrogen (secondary N) is 1. The maximum Gasteiger partial charge on any atom is 0.471 e. The number of benzene rings is 2. The van der Waals surface area contributed by atoms with E-state index in [1.807, 2.05) is 36.9 Å². The first-order chi connectivity index (χ1) is 18.7. The molecule has 0 saturated carbocycles. The van der Waals surface area contributed by atoms with Crippen molar-refractivity contribution < 1.29 is 22.4 Å². The Labute approximate surface area is 220 Å². The van der Waals surface area contributed by atoms with Crippen LogP contribution in [0.5, 0.6) is 0 Å². The molecule has 1 N–H and O–H groups in total. The Hall–Kier alpha value is -4.52. The number of hydrogen-bond acceptors (Lipinski definition) is 9. The van der Waals surface area contributed by atoms with Crippen LogP contribution < -0.4 is 10.2 Å². The number of nitrogens with zero attached hydrogens (tertiary/aromatic N) is 7. The van der Waals surface area contributed by atoms with E-state index in [0.717, 1.165) is 27.9 Å². The quantitative estimate of drug-likeness (QED) is 0.333. The minimum absolute atomic E-state index is 0.145. The van der Waals surface area contributed by atoms with Gasteiger partial charge >= 0.3 is 12.1 Å². The Morgan fingerprint density at radius 3 is 2.38 bits per heavy atom. The number of anilines is 3. The summed E-state index contributed by atoms with van der Waals surface area (Å²) < 4.78 is 50.1. The van der Waals surface area contributed by atoms with Crippen molar-refractivity contribution >= 4 is 28.4 Å². The predicted octanol–water partition coefficient (Wildman–Crippen LogP) is 4.99. The summed E-state index contributed by atoms with van der Waals surface area (Å²) in [5.74, 6) is -0.394. The smallest absolute Gasteiger partial charge is 0.378 e. The molecule has 4 heterocycles. The van der Waals surface area contributed by atoms with Gasteiger partial charge in [0.05, 0.1) is 30.1 Å². The third kappa shape index (κ3) is 5.00. The highest BCUT2D eigenvalue weighted by molar-refractivity contribution is 5.86. The van der Waals surface area contributed by atoms with E-state index in [1.165, 1.54) is 0 Å². The summed E-state index contributed by atoms with van der Waals surface area (Å²) in [6.45, 7) is 4.49. The Kier molecular flexibility index (Phi) is 6.14. The van der Waals surface area contributed by atoms with Gasteiger partial charge in [-0.25, -0.2) is 4.98 Å². The minimum Gasteiger partial charge on any atom is -0.378 e. The fourth-order valence-corrected chi connectivity index (χ4v) is 4.45. The van der Waals surface area contributed by atoms with E-state index >= 15 is 0 Å². The van der Waals surface area contributed by atoms with E-state index in [0.29, 0.717) is 49.3 Å². The number of halogens is 3. The molecule has 0 spiro atoms. The largest absolute Gasteiger partial charge is 0.471 e. The topological polar surface area (TPSA) is 107 Å². The molecule has 0 bridgehead atoms. The van der Waals surface area contributed by atoms with Crippen molar-refractivity contribution in [2.75, 3.05) is 36.5 Å². The van der Waals surface area contributed by atoms with Gasteiger partial charge in [0.2, 0.25) is 11.8 Å². The fraction of sp³-hybridized carbons (Fsp3) is 0.269. The Balaban J connectivity index is 1.32. The predicted molar refractivity (Wildman–Crippen MR) is 138 cm³/mol. The highest BCUT2D eigenvalue weighted by Gasteiger charge is 2.38. The molecule has 0 unspecified atom stereocenters. The van der Waals surface area contributed by atoms with Gasteiger partial charge in [-0.2, -0.15) is 28.2 Å². The summed E-state index contributed by atoms with van der Waals surface area (Å²) in [6, 6.07) is 14.6. The number of morpholine rings is 1. The number of alkyl halides is 3. The third-order valence-electron chi connectivity index (χ3n) is 6.42. The summed E-state index contributed by atoms with van der Waals surface area (Å²) in [6.07, 6.45) is -4.70. The van der Waals surface area contributed by atoms with Gasteiger partial charge < -0.3 is 19.5 Å². The fourth-order valence-electron chi connectivity index (χ4n) is 4.45. The van der Waals surface area contributed by atoms with Crippen LogP contribution in [-0.4, -0.2) is 56.2 Å². The molecule has 0 atom stereocenters. The van der Waals surface area contributed by atoms with E-state index in [4.69, 9.17) is 14.7 Å². The number of rotatable bonds is 5. The van der Waals surface area contributed by atoms with Crippen LogP contribution >= 0.6 is 0 Å². The zero-order valence-electron chi connectivity index (χ0n) is 21.0. The zero-order valence-corrected chi connectivity index (χ0v) is 21.0. The van der Waals surface area contributed by atoms with Gasteiger partial charge in [-0.1, -0.05) is 17.3 Å². The Morgan fingerprint density at radius 2 is 1.67 bits per heavy atom. The molecule has 200 valence electrons. The molecule has 0 amide bonds. The number of aryl methyl sites for hydroxylation is 2. The van der Waals surface area contributed by atoms with Crippen LogP contribution in [-0.2, 0) is 18.0 Å². The van der Waals surface area contributed by atoms with E-state index in [9.17, 15) is 13.2 Å². The Bertz CT molecular complexity index is 1640. The first-order valence-corrected chi connectivity index (χ1v) is 12.2. The third-order valence-corrected chi connectivity index (χ3v) is 6.42. The molecule has 2 aromatic carbocycles. The van der Waals surface area contributed by atoms with Gasteiger partial charge in [0, 0.05) is 48.4 Å². The lowest BCUT2D eigenvalue weighted by Crippen LogP contribution is -2.37. The molecular formula is C26H23F3N8O2. The van der Waals surface area contributed by atoms with Crippen molar-refractivity contribution in [3.8, 4) is 22.6 Å². The van der Waals surface area contributed by atoms with Gasteiger partial charge in [0.15, 0.2) is 0 Å². The Morgan fingerprint density at radius 1 is 0.923 bits per heavy atom. The molecule has 1 fully saturated rings. The summed E-state index contributed by atoms with van der Waals surface area (Å²) >= 11 is 0. The average Bonchev–Trinajstić information content (AvgIpc) is 3.54. The highest BCUT2D eigenvalue weighted by atomic mass is 19.4. The number of hydrogen-bond donors (Lipinski definition) is 1. The summed E-state index contributed by atoms with van der Waals surface area (Å²) in [5.41, 5.74) is 4.66. The molecule has 0 aliphatic carbocycles. The van der Waals surface area contributed by atoms with Crippen molar-refractivity contribution in [2.45, 2.75) is 13.1 Å². The standard InChI is InChI=1S/C26H23F3N8O2/c1-15-19-8-5-17(13-21(19)36(2)34-15)20-14-22(32-25(31-20)37-9-11-38-12-10-37)30-18-6-3-16(4-7-18)23-33-24(39-35-23)26(27,28)29/h3-8,13-14H,9-12H2,1-2H3,(H,30,31,32). The first-order valence-electron chi connectivity index (χ1n) is 12.2. The first kappa shape index (κ1) is 24.8. The summed E-state index contributed by atoms with van der Waals surface area (Å²) in [4.78, 5) is 15.1. The summed E-state index contributed by atoms with van der Waals surface area (Å²) in [5, 5.41) is 12.3. The molecule has 3 aromatic heterocycles. The van der Waals surface area contributed by atoms with Gasteiger partial charge in [-0.05, 0) is 37.3 Å². The average molecular weight is 537 g/mol. The lowest BCUT2D eigenvalue weighted by molar-refractivity contribution is -0.159. The number of fused-ring (bicyclic) bond motifs is 1. The highest BCUT2D eigenvalue weighted by Crippen LogP contribution is 2.31. The normalized spacial score (nSPS) is 14.2. The minimum atomic E-state index is -4.70. The van der Waals surface area contributed by atoms with Crippen LogP contribution in [0.15, 0.2) is 53.1 Å². The van der Waals surface area contributed by atoms with E-state index in [-0.39, 0.29) is 5.82 Å². The van der Waals surface area contributed by atoms with Crippen molar-refractivity contribution in [1.29, 1.82) is 0 Å². The molecular weight excluding hydrogens is 513 g/mol. The molecule has 39 heavy (non-hydrogen) atoms. The second-order valence-corrected chi connectivity index (χ2v) is 9.10. The molecule has 10 nitrogen and oxygen atoms in total. The molecule has 6 rings (SSSR count). The molecule has 0 radical (unpaired) electrons. The van der Waals surface area contributed by atoms with E-state index < -0.39 is 12.1 Å². The van der Waals surface area contributed by atoms with Crippen LogP contribution in [0, 0.1) is 6.92 Å². The molecule has 1 aliphatic heterocycles. The molecule has 5 aromatic rings. The lowest BCUT2D eigenvalue weighted by Gasteiger charge is -2.27. The van der Waals surface area contributed by atoms with E-state index in [1.54, 1.807) is 24.3 Å². The SMILES string of the molecule is Cc1nn(C)c2cc(-c3cc(Nc4ccc(-c5noc(C(F)(F)F)n5)cc4)nc(N4CCOCC4)n3)ccc12. The maximum atomic E-state index is 12.8. The van der Waals surface area contributed by atoms with Crippen LogP contribution in [0.2, 0.25) is 0 Å². The molecule has 13 heteroatoms. The second kappa shape index (κ2) is 9.66. The zero-order chi connectivity index (χ0) is 27.1. The number of aromatic nitrogens is 6. The monoisotopic (exact) mass is 536 g/mol. The van der Waals surface area contributed by atoms with Crippen molar-refractivity contribution in [2.24, 2.45) is 7.05 Å². The van der Waals surface area contributed by atoms with Crippen LogP contribution in [0.4, 0.5) is 30.6 Å². The second-order valence-electron chi connectivity index (χ2n) is 9.10. The van der Waals surface area contributed by atoms with E-state index in [2.05, 4.69) is 36.0 Å². The van der Waals surface area contributed by atoms with Crippen LogP contribution in [0.3, 0.4) is 0 Å². The van der Waals surface area contributed by atoms with Gasteiger partial charge in [0.1, 0.15) is 5.82 Å². The van der Waals surface area contributed by atoms with Gasteiger partial charge in [0.25, 0.3) is 0 Å². The maximum absolute atomic E-state index is 12.8. The van der Waals surface area contributed by atoms with Crippen molar-refractivity contribution in [1.82, 2.24) is 29.9 Å². The number of ether oxygens (including phenoxy) is 1. The van der Waals surface area contributed by atoms with Crippen molar-refractivity contribution in [3.63, 3.8) is 0 Å². The van der Waals surface area contributed by atoms with Crippen LogP contribution in [0.1, 0.15) is 11.6 Å². The van der Waals surface area contributed by atoms with Crippen LogP contribution in [0.25, 0.3) is 33.5 Å².